The van der Waals surface area contributed by atoms with Gasteiger partial charge in [-0.05, 0) is 30.5 Å². The Hall–Kier alpha value is -2.06. The first kappa shape index (κ1) is 20.3. The fourth-order valence-corrected chi connectivity index (χ4v) is 2.96. The highest BCUT2D eigenvalue weighted by Gasteiger charge is 2.23. The minimum absolute atomic E-state index is 0.0444. The van der Waals surface area contributed by atoms with E-state index in [9.17, 15) is 9.59 Å². The molecular formula is C17H20ClN3O4S. The molecule has 0 saturated heterocycles. The molecule has 0 bridgehead atoms. The van der Waals surface area contributed by atoms with E-state index in [1.807, 2.05) is 13.8 Å². The predicted molar refractivity (Wildman–Crippen MR) is 98.9 cm³/mol. The normalized spacial score (nSPS) is 12.0. The quantitative estimate of drug-likeness (QED) is 0.539. The van der Waals surface area contributed by atoms with Gasteiger partial charge in [0.05, 0.1) is 12.9 Å². The van der Waals surface area contributed by atoms with Crippen LogP contribution in [0.2, 0.25) is 5.02 Å². The van der Waals surface area contributed by atoms with Crippen molar-refractivity contribution in [1.82, 2.24) is 15.5 Å². The van der Waals surface area contributed by atoms with Crippen LogP contribution in [0, 0.1) is 5.92 Å². The maximum Gasteiger partial charge on any atom is 0.328 e. The van der Waals surface area contributed by atoms with E-state index in [4.69, 9.17) is 20.8 Å². The van der Waals surface area contributed by atoms with Gasteiger partial charge in [0, 0.05) is 10.6 Å². The molecule has 0 radical (unpaired) electrons. The van der Waals surface area contributed by atoms with Crippen LogP contribution in [0.4, 0.5) is 0 Å². The Bertz CT molecular complexity index is 766. The first-order valence-electron chi connectivity index (χ1n) is 7.98. The molecule has 0 aliphatic carbocycles. The molecule has 0 saturated carbocycles. The Labute approximate surface area is 160 Å². The molecule has 0 spiro atoms. The molecule has 2 rings (SSSR count). The molecule has 140 valence electrons. The monoisotopic (exact) mass is 397 g/mol. The molecule has 7 nitrogen and oxygen atoms in total. The van der Waals surface area contributed by atoms with E-state index >= 15 is 0 Å². The van der Waals surface area contributed by atoms with Crippen LogP contribution in [-0.2, 0) is 14.3 Å². The van der Waals surface area contributed by atoms with E-state index in [0.717, 1.165) is 11.8 Å². The molecule has 1 aromatic heterocycles. The Kier molecular flexibility index (Phi) is 7.47. The lowest BCUT2D eigenvalue weighted by Gasteiger charge is -2.17. The highest BCUT2D eigenvalue weighted by atomic mass is 35.5. The molecule has 2 aromatic rings. The van der Waals surface area contributed by atoms with Crippen molar-refractivity contribution in [2.75, 3.05) is 12.9 Å². The molecule has 0 aliphatic rings. The number of nitrogens with one attached hydrogen (secondary N) is 1. The Morgan fingerprint density at radius 3 is 2.77 bits per heavy atom. The van der Waals surface area contributed by atoms with E-state index in [0.29, 0.717) is 22.9 Å². The highest BCUT2D eigenvalue weighted by molar-refractivity contribution is 7.99. The molecule has 1 aromatic carbocycles. The summed E-state index contributed by atoms with van der Waals surface area (Å²) in [5.41, 5.74) is 0.698. The minimum Gasteiger partial charge on any atom is -0.467 e. The summed E-state index contributed by atoms with van der Waals surface area (Å²) in [4.78, 5) is 23.9. The number of hydrogen-bond acceptors (Lipinski definition) is 7. The standard InChI is InChI=1S/C17H20ClN3O4S/c1-10(2)7-13(16(23)24-3)19-14(22)9-26-17-21-20-15(25-17)11-5-4-6-12(18)8-11/h4-6,8,10,13H,7,9H2,1-3H3,(H,19,22)/t13-/m0/s1. The third kappa shape index (κ3) is 6.03. The van der Waals surface area contributed by atoms with Crippen molar-refractivity contribution in [1.29, 1.82) is 0 Å². The number of ether oxygens (including phenoxy) is 1. The van der Waals surface area contributed by atoms with Crippen LogP contribution in [0.5, 0.6) is 0 Å². The molecule has 1 amide bonds. The number of benzene rings is 1. The van der Waals surface area contributed by atoms with Gasteiger partial charge in [0.1, 0.15) is 6.04 Å². The van der Waals surface area contributed by atoms with Crippen molar-refractivity contribution in [3.05, 3.63) is 29.3 Å². The number of hydrogen-bond donors (Lipinski definition) is 1. The second-order valence-corrected chi connectivity index (χ2v) is 7.31. The van der Waals surface area contributed by atoms with Gasteiger partial charge in [-0.2, -0.15) is 0 Å². The van der Waals surface area contributed by atoms with Crippen LogP contribution >= 0.6 is 23.4 Å². The molecular weight excluding hydrogens is 378 g/mol. The zero-order valence-corrected chi connectivity index (χ0v) is 16.3. The van der Waals surface area contributed by atoms with Gasteiger partial charge in [-0.25, -0.2) is 4.79 Å². The molecule has 26 heavy (non-hydrogen) atoms. The summed E-state index contributed by atoms with van der Waals surface area (Å²) >= 11 is 7.03. The second kappa shape index (κ2) is 9.59. The largest absolute Gasteiger partial charge is 0.467 e. The molecule has 0 unspecified atom stereocenters. The summed E-state index contributed by atoms with van der Waals surface area (Å²) in [6.07, 6.45) is 0.503. The van der Waals surface area contributed by atoms with E-state index in [1.165, 1.54) is 7.11 Å². The average Bonchev–Trinajstić information content (AvgIpc) is 3.07. The number of carbonyl (C=O) groups excluding carboxylic acids is 2. The van der Waals surface area contributed by atoms with Crippen molar-refractivity contribution >= 4 is 35.2 Å². The lowest BCUT2D eigenvalue weighted by molar-refractivity contribution is -0.145. The zero-order valence-electron chi connectivity index (χ0n) is 14.7. The first-order valence-corrected chi connectivity index (χ1v) is 9.34. The summed E-state index contributed by atoms with van der Waals surface area (Å²) in [5, 5.41) is 11.3. The van der Waals surface area contributed by atoms with Crippen molar-refractivity contribution in [3.63, 3.8) is 0 Å². The summed E-state index contributed by atoms with van der Waals surface area (Å²) in [6.45, 7) is 3.93. The van der Waals surface area contributed by atoms with Gasteiger partial charge in [0.25, 0.3) is 5.22 Å². The highest BCUT2D eigenvalue weighted by Crippen LogP contribution is 2.25. The molecule has 0 aliphatic heterocycles. The van der Waals surface area contributed by atoms with Crippen molar-refractivity contribution in [2.24, 2.45) is 5.92 Å². The number of amides is 1. The summed E-state index contributed by atoms with van der Waals surface area (Å²) in [6, 6.07) is 6.37. The number of aromatic nitrogens is 2. The van der Waals surface area contributed by atoms with Gasteiger partial charge in [-0.3, -0.25) is 4.79 Å². The van der Waals surface area contributed by atoms with Gasteiger partial charge in [0.15, 0.2) is 0 Å². The zero-order chi connectivity index (χ0) is 19.1. The Morgan fingerprint density at radius 2 is 2.12 bits per heavy atom. The maximum atomic E-state index is 12.1. The van der Waals surface area contributed by atoms with Crippen LogP contribution in [-0.4, -0.2) is 41.0 Å². The smallest absolute Gasteiger partial charge is 0.328 e. The number of halogens is 1. The van der Waals surface area contributed by atoms with Crippen LogP contribution in [0.15, 0.2) is 33.9 Å². The summed E-state index contributed by atoms with van der Waals surface area (Å²) in [5.74, 6) is -0.166. The van der Waals surface area contributed by atoms with Crippen LogP contribution < -0.4 is 5.32 Å². The van der Waals surface area contributed by atoms with Crippen LogP contribution in [0.25, 0.3) is 11.5 Å². The van der Waals surface area contributed by atoms with Crippen LogP contribution in [0.1, 0.15) is 20.3 Å². The number of thioether (sulfide) groups is 1. The second-order valence-electron chi connectivity index (χ2n) is 5.94. The van der Waals surface area contributed by atoms with Gasteiger partial charge in [0.2, 0.25) is 11.8 Å². The molecule has 1 heterocycles. The van der Waals surface area contributed by atoms with E-state index in [1.54, 1.807) is 24.3 Å². The molecule has 0 fully saturated rings. The summed E-state index contributed by atoms with van der Waals surface area (Å²) < 4.78 is 10.3. The third-order valence-corrected chi connectivity index (χ3v) is 4.39. The number of rotatable bonds is 8. The minimum atomic E-state index is -0.669. The average molecular weight is 398 g/mol. The topological polar surface area (TPSA) is 94.3 Å². The molecule has 9 heteroatoms. The SMILES string of the molecule is COC(=O)[C@H](CC(C)C)NC(=O)CSc1nnc(-c2cccc(Cl)c2)o1. The lowest BCUT2D eigenvalue weighted by atomic mass is 10.0. The first-order chi connectivity index (χ1) is 12.4. The number of methoxy groups -OCH3 is 1. The fraction of sp³-hybridized carbons (Fsp3) is 0.412. The maximum absolute atomic E-state index is 12.1. The molecule has 1 N–H and O–H groups in total. The number of esters is 1. The molecule has 1 atom stereocenters. The third-order valence-electron chi connectivity index (χ3n) is 3.33. The Balaban J connectivity index is 1.92. The summed E-state index contributed by atoms with van der Waals surface area (Å²) in [7, 11) is 1.30. The Morgan fingerprint density at radius 1 is 1.35 bits per heavy atom. The number of nitrogens with zero attached hydrogens (tertiary/aromatic N) is 2. The number of carbonyl (C=O) groups is 2. The van der Waals surface area contributed by atoms with Gasteiger partial charge < -0.3 is 14.5 Å². The van der Waals surface area contributed by atoms with Gasteiger partial charge in [-0.15, -0.1) is 10.2 Å². The van der Waals surface area contributed by atoms with E-state index < -0.39 is 12.0 Å². The van der Waals surface area contributed by atoms with Gasteiger partial charge in [-0.1, -0.05) is 43.3 Å². The lowest BCUT2D eigenvalue weighted by Crippen LogP contribution is -2.43. The van der Waals surface area contributed by atoms with Crippen LogP contribution in [0.3, 0.4) is 0 Å². The van der Waals surface area contributed by atoms with Gasteiger partial charge >= 0.3 is 5.97 Å². The van der Waals surface area contributed by atoms with Crippen molar-refractivity contribution in [2.45, 2.75) is 31.5 Å². The predicted octanol–water partition coefficient (Wildman–Crippen LogP) is 3.19. The van der Waals surface area contributed by atoms with Crippen molar-refractivity contribution in [3.8, 4) is 11.5 Å². The fourth-order valence-electron chi connectivity index (χ4n) is 2.20. The van der Waals surface area contributed by atoms with E-state index in [-0.39, 0.29) is 22.8 Å². The van der Waals surface area contributed by atoms with E-state index in [2.05, 4.69) is 15.5 Å². The van der Waals surface area contributed by atoms with Crippen molar-refractivity contribution < 1.29 is 18.7 Å².